The third-order valence-electron chi connectivity index (χ3n) is 5.38. The standard InChI is InChI=1S/C21H26N2O4S2/c1-26-21(25)19-16-7-2-8-17(16)29-20(19)22-18(24)13-23(11-14-5-3-9-27-14)12-15-6-4-10-28-15/h4,6,10,14H,2-3,5,7-9,11-13H2,1H3,(H,22,24)/t14-/m1/s1. The number of fused-ring (bicyclic) bond motifs is 1. The molecule has 156 valence electrons. The van der Waals surface area contributed by atoms with Gasteiger partial charge in [-0.05, 0) is 49.1 Å². The number of esters is 1. The van der Waals surface area contributed by atoms with Gasteiger partial charge in [0.05, 0.1) is 25.3 Å². The zero-order chi connectivity index (χ0) is 20.2. The van der Waals surface area contributed by atoms with E-state index >= 15 is 0 Å². The van der Waals surface area contributed by atoms with E-state index in [4.69, 9.17) is 9.47 Å². The molecule has 1 N–H and O–H groups in total. The van der Waals surface area contributed by atoms with Crippen LogP contribution < -0.4 is 5.32 Å². The van der Waals surface area contributed by atoms with E-state index in [9.17, 15) is 9.59 Å². The van der Waals surface area contributed by atoms with Crippen LogP contribution in [0.3, 0.4) is 0 Å². The van der Waals surface area contributed by atoms with Crippen LogP contribution >= 0.6 is 22.7 Å². The fourth-order valence-corrected chi connectivity index (χ4v) is 6.10. The Morgan fingerprint density at radius 3 is 2.97 bits per heavy atom. The lowest BCUT2D eigenvalue weighted by molar-refractivity contribution is -0.117. The maximum Gasteiger partial charge on any atom is 0.341 e. The highest BCUT2D eigenvalue weighted by Gasteiger charge is 2.28. The molecule has 1 aliphatic heterocycles. The number of aryl methyl sites for hydroxylation is 1. The Balaban J connectivity index is 1.45. The summed E-state index contributed by atoms with van der Waals surface area (Å²) in [7, 11) is 1.39. The van der Waals surface area contributed by atoms with Gasteiger partial charge in [-0.15, -0.1) is 22.7 Å². The predicted molar refractivity (Wildman–Crippen MR) is 115 cm³/mol. The van der Waals surface area contributed by atoms with Gasteiger partial charge in [0, 0.05) is 29.5 Å². The Labute approximate surface area is 178 Å². The number of thiophene rings is 2. The number of anilines is 1. The number of methoxy groups -OCH3 is 1. The van der Waals surface area contributed by atoms with Crippen molar-refractivity contribution in [1.82, 2.24) is 4.90 Å². The van der Waals surface area contributed by atoms with Gasteiger partial charge in [-0.3, -0.25) is 9.69 Å². The average Bonchev–Trinajstić information content (AvgIpc) is 3.46. The molecule has 0 bridgehead atoms. The number of carbonyl (C=O) groups excluding carboxylic acids is 2. The SMILES string of the molecule is COC(=O)c1c(NC(=O)CN(Cc2cccs2)C[C@H]2CCCO2)sc2c1CCC2. The summed E-state index contributed by atoms with van der Waals surface area (Å²) < 4.78 is 10.8. The number of hydrogen-bond donors (Lipinski definition) is 1. The number of rotatable bonds is 8. The molecule has 6 nitrogen and oxygen atoms in total. The van der Waals surface area contributed by atoms with E-state index in [1.54, 1.807) is 11.3 Å². The van der Waals surface area contributed by atoms with Crippen molar-refractivity contribution in [3.05, 3.63) is 38.4 Å². The highest BCUT2D eigenvalue weighted by molar-refractivity contribution is 7.17. The number of hydrogen-bond acceptors (Lipinski definition) is 7. The van der Waals surface area contributed by atoms with Gasteiger partial charge >= 0.3 is 5.97 Å². The number of carbonyl (C=O) groups is 2. The molecule has 2 aromatic heterocycles. The number of nitrogens with zero attached hydrogens (tertiary/aromatic N) is 1. The second-order valence-electron chi connectivity index (χ2n) is 7.49. The first kappa shape index (κ1) is 20.5. The molecule has 1 saturated heterocycles. The Morgan fingerprint density at radius 1 is 1.34 bits per heavy atom. The second-order valence-corrected chi connectivity index (χ2v) is 9.62. The van der Waals surface area contributed by atoms with Crippen molar-refractivity contribution in [3.8, 4) is 0 Å². The summed E-state index contributed by atoms with van der Waals surface area (Å²) in [5, 5.41) is 5.67. The van der Waals surface area contributed by atoms with Gasteiger partial charge in [0.15, 0.2) is 0 Å². The minimum absolute atomic E-state index is 0.107. The first-order valence-corrected chi connectivity index (χ1v) is 11.7. The lowest BCUT2D eigenvalue weighted by Gasteiger charge is -2.24. The zero-order valence-corrected chi connectivity index (χ0v) is 18.2. The Morgan fingerprint density at radius 2 is 2.24 bits per heavy atom. The van der Waals surface area contributed by atoms with Crippen LogP contribution in [0.2, 0.25) is 0 Å². The third kappa shape index (κ3) is 4.88. The molecular formula is C21H26N2O4S2. The fourth-order valence-electron chi connectivity index (χ4n) is 4.06. The van der Waals surface area contributed by atoms with Gasteiger partial charge in [0.1, 0.15) is 5.00 Å². The third-order valence-corrected chi connectivity index (χ3v) is 7.44. The molecule has 1 aliphatic carbocycles. The Hall–Kier alpha value is -1.74. The molecule has 0 spiro atoms. The van der Waals surface area contributed by atoms with Gasteiger partial charge in [-0.2, -0.15) is 0 Å². The van der Waals surface area contributed by atoms with E-state index in [2.05, 4.69) is 21.7 Å². The molecule has 4 rings (SSSR count). The first-order chi connectivity index (χ1) is 14.1. The normalized spacial score (nSPS) is 18.2. The molecule has 2 aromatic rings. The largest absolute Gasteiger partial charge is 0.465 e. The monoisotopic (exact) mass is 434 g/mol. The summed E-state index contributed by atoms with van der Waals surface area (Å²) in [5.74, 6) is -0.473. The molecule has 2 aliphatic rings. The summed E-state index contributed by atoms with van der Waals surface area (Å²) in [6, 6.07) is 4.12. The smallest absolute Gasteiger partial charge is 0.341 e. The molecule has 29 heavy (non-hydrogen) atoms. The molecule has 1 fully saturated rings. The summed E-state index contributed by atoms with van der Waals surface area (Å²) in [5.41, 5.74) is 1.59. The molecule has 0 radical (unpaired) electrons. The zero-order valence-electron chi connectivity index (χ0n) is 16.6. The Kier molecular flexibility index (Phi) is 6.64. The van der Waals surface area contributed by atoms with E-state index in [0.717, 1.165) is 57.4 Å². The summed E-state index contributed by atoms with van der Waals surface area (Å²) in [6.07, 6.45) is 5.17. The van der Waals surface area contributed by atoms with Crippen molar-refractivity contribution in [2.45, 2.75) is 44.8 Å². The van der Waals surface area contributed by atoms with Crippen LogP contribution in [0.4, 0.5) is 5.00 Å². The van der Waals surface area contributed by atoms with E-state index in [-0.39, 0.29) is 24.5 Å². The number of nitrogens with one attached hydrogen (secondary N) is 1. The Bertz CT molecular complexity index is 856. The van der Waals surface area contributed by atoms with Crippen LogP contribution in [-0.2, 0) is 33.7 Å². The van der Waals surface area contributed by atoms with Crippen LogP contribution in [0.25, 0.3) is 0 Å². The van der Waals surface area contributed by atoms with Gasteiger partial charge in [-0.1, -0.05) is 6.07 Å². The molecule has 1 amide bonds. The second kappa shape index (κ2) is 9.38. The molecule has 8 heteroatoms. The van der Waals surface area contributed by atoms with E-state index in [0.29, 0.717) is 10.6 Å². The highest BCUT2D eigenvalue weighted by Crippen LogP contribution is 2.39. The van der Waals surface area contributed by atoms with Crippen molar-refractivity contribution in [3.63, 3.8) is 0 Å². The van der Waals surface area contributed by atoms with Crippen molar-refractivity contribution >= 4 is 39.6 Å². The van der Waals surface area contributed by atoms with Crippen molar-refractivity contribution in [2.24, 2.45) is 0 Å². The van der Waals surface area contributed by atoms with Crippen LogP contribution in [0.15, 0.2) is 17.5 Å². The quantitative estimate of drug-likeness (QED) is 0.642. The summed E-state index contributed by atoms with van der Waals surface area (Å²) >= 11 is 3.20. The van der Waals surface area contributed by atoms with Gasteiger partial charge in [0.25, 0.3) is 0 Å². The maximum absolute atomic E-state index is 12.9. The van der Waals surface area contributed by atoms with E-state index in [1.165, 1.54) is 28.2 Å². The molecular weight excluding hydrogens is 408 g/mol. The topological polar surface area (TPSA) is 67.9 Å². The van der Waals surface area contributed by atoms with E-state index in [1.807, 2.05) is 6.07 Å². The maximum atomic E-state index is 12.9. The molecule has 3 heterocycles. The van der Waals surface area contributed by atoms with Gasteiger partial charge in [-0.25, -0.2) is 4.79 Å². The lowest BCUT2D eigenvalue weighted by atomic mass is 10.1. The predicted octanol–water partition coefficient (Wildman–Crippen LogP) is 3.70. The number of ether oxygens (including phenoxy) is 2. The van der Waals surface area contributed by atoms with Gasteiger partial charge < -0.3 is 14.8 Å². The van der Waals surface area contributed by atoms with E-state index < -0.39 is 0 Å². The van der Waals surface area contributed by atoms with Crippen molar-refractivity contribution in [1.29, 1.82) is 0 Å². The van der Waals surface area contributed by atoms with Crippen LogP contribution in [0.5, 0.6) is 0 Å². The van der Waals surface area contributed by atoms with Gasteiger partial charge in [0.2, 0.25) is 5.91 Å². The molecule has 1 atom stereocenters. The van der Waals surface area contributed by atoms with Crippen LogP contribution in [0, 0.1) is 0 Å². The minimum Gasteiger partial charge on any atom is -0.465 e. The summed E-state index contributed by atoms with van der Waals surface area (Å²) in [6.45, 7) is 2.51. The van der Waals surface area contributed by atoms with Crippen molar-refractivity contribution in [2.75, 3.05) is 32.1 Å². The fraction of sp³-hybridized carbons (Fsp3) is 0.524. The number of amides is 1. The molecule has 0 saturated carbocycles. The van der Waals surface area contributed by atoms with Crippen molar-refractivity contribution < 1.29 is 19.1 Å². The molecule has 0 aromatic carbocycles. The van der Waals surface area contributed by atoms with Crippen LogP contribution in [0.1, 0.15) is 44.9 Å². The highest BCUT2D eigenvalue weighted by atomic mass is 32.1. The summed E-state index contributed by atoms with van der Waals surface area (Å²) in [4.78, 5) is 29.7. The average molecular weight is 435 g/mol. The first-order valence-electron chi connectivity index (χ1n) is 10.0. The minimum atomic E-state index is -0.366. The van der Waals surface area contributed by atoms with Crippen LogP contribution in [-0.4, -0.2) is 49.7 Å². The lowest BCUT2D eigenvalue weighted by Crippen LogP contribution is -2.37. The molecule has 0 unspecified atom stereocenters.